The molecule has 0 saturated carbocycles. The van der Waals surface area contributed by atoms with E-state index in [-0.39, 0.29) is 11.9 Å². The topological polar surface area (TPSA) is 89.4 Å². The van der Waals surface area contributed by atoms with Gasteiger partial charge in [0.05, 0.1) is 11.3 Å². The highest BCUT2D eigenvalue weighted by atomic mass is 16.6. The molecule has 2 amide bonds. The van der Waals surface area contributed by atoms with Crippen molar-refractivity contribution >= 4 is 23.0 Å². The van der Waals surface area contributed by atoms with Gasteiger partial charge in [-0.1, -0.05) is 0 Å². The maximum Gasteiger partial charge on any atom is 0.407 e. The monoisotopic (exact) mass is 373 g/mol. The summed E-state index contributed by atoms with van der Waals surface area (Å²) in [5.74, 6) is -0.0385. The van der Waals surface area contributed by atoms with Crippen molar-refractivity contribution in [2.75, 3.05) is 13.1 Å². The van der Waals surface area contributed by atoms with Crippen LogP contribution >= 0.6 is 0 Å². The molecule has 2 aromatic heterocycles. The number of amides is 2. The van der Waals surface area contributed by atoms with Gasteiger partial charge in [0.25, 0.3) is 5.91 Å². The zero-order chi connectivity index (χ0) is 19.8. The van der Waals surface area contributed by atoms with Crippen LogP contribution in [0.1, 0.15) is 49.7 Å². The number of fused-ring (bicyclic) bond motifs is 1. The molecule has 0 spiro atoms. The lowest BCUT2D eigenvalue weighted by Crippen LogP contribution is -2.47. The summed E-state index contributed by atoms with van der Waals surface area (Å²) in [4.78, 5) is 30.9. The van der Waals surface area contributed by atoms with Gasteiger partial charge in [-0.15, -0.1) is 0 Å². The third kappa shape index (κ3) is 4.37. The number of ether oxygens (including phenoxy) is 1. The van der Waals surface area contributed by atoms with E-state index in [1.165, 1.54) is 0 Å². The number of carbonyl (C=O) groups is 2. The number of hydrogen-bond donors (Lipinski definition) is 1. The van der Waals surface area contributed by atoms with E-state index in [1.54, 1.807) is 10.9 Å². The number of nitrogens with one attached hydrogen (secondary N) is 1. The van der Waals surface area contributed by atoms with Crippen molar-refractivity contribution in [2.24, 2.45) is 7.05 Å². The average Bonchev–Trinajstić information content (AvgIpc) is 2.87. The lowest BCUT2D eigenvalue weighted by Gasteiger charge is -2.32. The summed E-state index contributed by atoms with van der Waals surface area (Å²) in [6.07, 6.45) is 2.60. The minimum Gasteiger partial charge on any atom is -0.444 e. The van der Waals surface area contributed by atoms with Crippen LogP contribution in [0.15, 0.2) is 12.3 Å². The Morgan fingerprint density at radius 3 is 2.56 bits per heavy atom. The summed E-state index contributed by atoms with van der Waals surface area (Å²) in [6.45, 7) is 8.59. The number of likely N-dealkylation sites (tertiary alicyclic amines) is 1. The molecule has 8 heteroatoms. The van der Waals surface area contributed by atoms with Crippen LogP contribution in [0.5, 0.6) is 0 Å². The summed E-state index contributed by atoms with van der Waals surface area (Å²) in [6, 6.07) is 1.88. The number of alkyl carbamates (subject to hydrolysis) is 1. The number of hydrogen-bond acceptors (Lipinski definition) is 5. The van der Waals surface area contributed by atoms with E-state index in [0.717, 1.165) is 16.7 Å². The van der Waals surface area contributed by atoms with Gasteiger partial charge >= 0.3 is 6.09 Å². The summed E-state index contributed by atoms with van der Waals surface area (Å²) >= 11 is 0. The van der Waals surface area contributed by atoms with Gasteiger partial charge in [-0.05, 0) is 46.6 Å². The summed E-state index contributed by atoms with van der Waals surface area (Å²) in [7, 11) is 1.84. The standard InChI is InChI=1S/C19H27N5O3/c1-12-15-10-13(11-20-16(15)23(5)22-12)17(25)24-8-6-14(7-9-24)21-18(26)27-19(2,3)4/h10-11,14H,6-9H2,1-5H3,(H,21,26). The predicted octanol–water partition coefficient (Wildman–Crippen LogP) is 2.41. The first-order valence-electron chi connectivity index (χ1n) is 9.22. The van der Waals surface area contributed by atoms with Crippen molar-refractivity contribution < 1.29 is 14.3 Å². The highest BCUT2D eigenvalue weighted by Crippen LogP contribution is 2.19. The van der Waals surface area contributed by atoms with E-state index in [9.17, 15) is 9.59 Å². The molecule has 0 unspecified atom stereocenters. The quantitative estimate of drug-likeness (QED) is 0.873. The molecule has 146 valence electrons. The van der Waals surface area contributed by atoms with E-state index >= 15 is 0 Å². The van der Waals surface area contributed by atoms with Crippen LogP contribution < -0.4 is 5.32 Å². The lowest BCUT2D eigenvalue weighted by atomic mass is 10.0. The van der Waals surface area contributed by atoms with E-state index in [2.05, 4.69) is 15.4 Å². The Balaban J connectivity index is 1.60. The van der Waals surface area contributed by atoms with Crippen LogP contribution in [0, 0.1) is 6.92 Å². The Hall–Kier alpha value is -2.64. The Morgan fingerprint density at radius 2 is 1.93 bits per heavy atom. The second-order valence-corrected chi connectivity index (χ2v) is 8.02. The van der Waals surface area contributed by atoms with Crippen molar-refractivity contribution in [3.05, 3.63) is 23.5 Å². The van der Waals surface area contributed by atoms with Crippen molar-refractivity contribution in [3.63, 3.8) is 0 Å². The van der Waals surface area contributed by atoms with Crippen LogP contribution in [-0.2, 0) is 11.8 Å². The molecular formula is C19H27N5O3. The molecule has 1 aliphatic rings. The second-order valence-electron chi connectivity index (χ2n) is 8.02. The highest BCUT2D eigenvalue weighted by Gasteiger charge is 2.26. The fourth-order valence-corrected chi connectivity index (χ4v) is 3.31. The molecule has 3 rings (SSSR count). The second kappa shape index (κ2) is 7.17. The minimum atomic E-state index is -0.517. The predicted molar refractivity (Wildman–Crippen MR) is 102 cm³/mol. The van der Waals surface area contributed by atoms with Gasteiger partial charge in [-0.25, -0.2) is 9.78 Å². The zero-order valence-electron chi connectivity index (χ0n) is 16.6. The number of rotatable bonds is 2. The van der Waals surface area contributed by atoms with Gasteiger partial charge in [0.15, 0.2) is 5.65 Å². The molecule has 3 heterocycles. The van der Waals surface area contributed by atoms with Crippen LogP contribution in [0.3, 0.4) is 0 Å². The first kappa shape index (κ1) is 19.1. The summed E-state index contributed by atoms with van der Waals surface area (Å²) in [5, 5.41) is 8.12. The van der Waals surface area contributed by atoms with Gasteiger partial charge < -0.3 is 15.0 Å². The molecule has 1 N–H and O–H groups in total. The number of piperidine rings is 1. The molecule has 0 aromatic carbocycles. The van der Waals surface area contributed by atoms with E-state index in [1.807, 2.05) is 45.7 Å². The number of carbonyl (C=O) groups excluding carboxylic acids is 2. The first-order chi connectivity index (χ1) is 12.6. The van der Waals surface area contributed by atoms with Crippen molar-refractivity contribution in [3.8, 4) is 0 Å². The zero-order valence-corrected chi connectivity index (χ0v) is 16.6. The van der Waals surface area contributed by atoms with Gasteiger partial charge in [0.1, 0.15) is 5.60 Å². The molecule has 27 heavy (non-hydrogen) atoms. The van der Waals surface area contributed by atoms with E-state index in [0.29, 0.717) is 31.5 Å². The SMILES string of the molecule is Cc1nn(C)c2ncc(C(=O)N3CCC(NC(=O)OC(C)(C)C)CC3)cc12. The molecule has 2 aromatic rings. The first-order valence-corrected chi connectivity index (χ1v) is 9.22. The number of nitrogens with zero attached hydrogens (tertiary/aromatic N) is 4. The third-order valence-electron chi connectivity index (χ3n) is 4.61. The Bertz CT molecular complexity index is 860. The van der Waals surface area contributed by atoms with Crippen LogP contribution in [-0.4, -0.2) is 56.4 Å². The molecule has 0 atom stereocenters. The fraction of sp³-hybridized carbons (Fsp3) is 0.579. The van der Waals surface area contributed by atoms with E-state index in [4.69, 9.17) is 4.74 Å². The van der Waals surface area contributed by atoms with Crippen molar-refractivity contribution in [1.82, 2.24) is 25.0 Å². The Kier molecular flexibility index (Phi) is 5.08. The number of aryl methyl sites for hydroxylation is 2. The Morgan fingerprint density at radius 1 is 1.26 bits per heavy atom. The van der Waals surface area contributed by atoms with Crippen molar-refractivity contribution in [1.29, 1.82) is 0 Å². The van der Waals surface area contributed by atoms with Gasteiger partial charge in [0.2, 0.25) is 0 Å². The summed E-state index contributed by atoms with van der Waals surface area (Å²) < 4.78 is 7.01. The molecule has 1 fully saturated rings. The third-order valence-corrected chi connectivity index (χ3v) is 4.61. The molecule has 8 nitrogen and oxygen atoms in total. The van der Waals surface area contributed by atoms with Gasteiger partial charge in [0, 0.05) is 37.8 Å². The summed E-state index contributed by atoms with van der Waals surface area (Å²) in [5.41, 5.74) is 1.67. The van der Waals surface area contributed by atoms with Crippen LogP contribution in [0.25, 0.3) is 11.0 Å². The molecule has 0 aliphatic carbocycles. The Labute approximate surface area is 158 Å². The van der Waals surface area contributed by atoms with Crippen LogP contribution in [0.2, 0.25) is 0 Å². The van der Waals surface area contributed by atoms with Crippen molar-refractivity contribution in [2.45, 2.75) is 52.2 Å². The normalized spacial score (nSPS) is 15.8. The molecule has 0 radical (unpaired) electrons. The molecule has 1 saturated heterocycles. The lowest BCUT2D eigenvalue weighted by molar-refractivity contribution is 0.0473. The molecular weight excluding hydrogens is 346 g/mol. The smallest absolute Gasteiger partial charge is 0.407 e. The molecule has 1 aliphatic heterocycles. The maximum absolute atomic E-state index is 12.8. The van der Waals surface area contributed by atoms with E-state index < -0.39 is 11.7 Å². The largest absolute Gasteiger partial charge is 0.444 e. The molecule has 0 bridgehead atoms. The number of aromatic nitrogens is 3. The fourth-order valence-electron chi connectivity index (χ4n) is 3.31. The highest BCUT2D eigenvalue weighted by molar-refractivity contribution is 5.97. The average molecular weight is 373 g/mol. The van der Waals surface area contributed by atoms with Crippen LogP contribution in [0.4, 0.5) is 4.79 Å². The van der Waals surface area contributed by atoms with Gasteiger partial charge in [-0.2, -0.15) is 5.10 Å². The number of pyridine rings is 1. The maximum atomic E-state index is 12.8. The minimum absolute atomic E-state index is 0.0186. The van der Waals surface area contributed by atoms with Gasteiger partial charge in [-0.3, -0.25) is 9.48 Å².